The zero-order valence-corrected chi connectivity index (χ0v) is 19.7. The Labute approximate surface area is 191 Å². The molecule has 5 nitrogen and oxygen atoms in total. The second-order valence-electron chi connectivity index (χ2n) is 7.88. The topological polar surface area (TPSA) is 58.6 Å². The van der Waals surface area contributed by atoms with E-state index < -0.39 is 12.0 Å². The number of rotatable bonds is 5. The van der Waals surface area contributed by atoms with Crippen molar-refractivity contribution in [3.05, 3.63) is 74.0 Å². The Hall–Kier alpha value is -2.51. The molecular formula is C24H26N2O3S2. The van der Waals surface area contributed by atoms with Crippen LogP contribution < -0.4 is 5.32 Å². The van der Waals surface area contributed by atoms with E-state index in [0.717, 1.165) is 16.8 Å². The molecule has 0 bridgehead atoms. The van der Waals surface area contributed by atoms with E-state index in [0.29, 0.717) is 16.4 Å². The van der Waals surface area contributed by atoms with Crippen molar-refractivity contribution in [2.45, 2.75) is 45.2 Å². The maximum absolute atomic E-state index is 13.5. The normalized spacial score (nSPS) is 22.2. The first-order chi connectivity index (χ1) is 14.9. The lowest BCUT2D eigenvalue weighted by atomic mass is 9.91. The van der Waals surface area contributed by atoms with E-state index in [1.807, 2.05) is 42.0 Å². The van der Waals surface area contributed by atoms with Gasteiger partial charge in [-0.25, -0.2) is 4.79 Å². The number of nitrogens with one attached hydrogen (secondary N) is 1. The molecule has 2 aromatic rings. The molecule has 162 valence electrons. The minimum Gasteiger partial charge on any atom is -0.463 e. The molecule has 1 aromatic heterocycles. The number of amides is 1. The first-order valence-electron chi connectivity index (χ1n) is 10.4. The summed E-state index contributed by atoms with van der Waals surface area (Å²) in [4.78, 5) is 28.8. The van der Waals surface area contributed by atoms with Crippen LogP contribution in [-0.4, -0.2) is 28.9 Å². The summed E-state index contributed by atoms with van der Waals surface area (Å²) in [7, 11) is 0. The van der Waals surface area contributed by atoms with Crippen LogP contribution in [0, 0.1) is 0 Å². The molecule has 1 aromatic carbocycles. The van der Waals surface area contributed by atoms with Gasteiger partial charge in [-0.15, -0.1) is 0 Å². The maximum Gasteiger partial charge on any atom is 0.338 e. The van der Waals surface area contributed by atoms with Gasteiger partial charge in [0, 0.05) is 5.70 Å². The highest BCUT2D eigenvalue weighted by Crippen LogP contribution is 2.46. The number of nitrogens with zero attached hydrogens (tertiary/aromatic N) is 1. The maximum atomic E-state index is 13.5. The highest BCUT2D eigenvalue weighted by atomic mass is 32.2. The monoisotopic (exact) mass is 454 g/mol. The van der Waals surface area contributed by atoms with Gasteiger partial charge in [0.15, 0.2) is 5.50 Å². The molecule has 1 fully saturated rings. The Balaban J connectivity index is 1.78. The number of fused-ring (bicyclic) bond motifs is 1. The lowest BCUT2D eigenvalue weighted by molar-refractivity contribution is -0.140. The van der Waals surface area contributed by atoms with Crippen molar-refractivity contribution in [1.82, 2.24) is 10.2 Å². The zero-order chi connectivity index (χ0) is 22.1. The molecule has 3 heterocycles. The Bertz CT molecular complexity index is 1040. The summed E-state index contributed by atoms with van der Waals surface area (Å²) in [6, 6.07) is 9.68. The first-order valence-corrected chi connectivity index (χ1v) is 12.2. The average Bonchev–Trinajstić information content (AvgIpc) is 3.35. The highest BCUT2D eigenvalue weighted by Gasteiger charge is 2.47. The lowest BCUT2D eigenvalue weighted by Gasteiger charge is -2.39. The molecule has 0 aliphatic carbocycles. The Kier molecular flexibility index (Phi) is 6.25. The lowest BCUT2D eigenvalue weighted by Crippen LogP contribution is -2.49. The van der Waals surface area contributed by atoms with Crippen molar-refractivity contribution in [2.75, 3.05) is 6.61 Å². The molecule has 0 radical (unpaired) electrons. The molecule has 1 saturated heterocycles. The third-order valence-corrected chi connectivity index (χ3v) is 7.30. The number of thiophene rings is 1. The van der Waals surface area contributed by atoms with Crippen LogP contribution in [0.5, 0.6) is 0 Å². The molecule has 2 aliphatic heterocycles. The molecule has 7 heteroatoms. The average molecular weight is 455 g/mol. The summed E-state index contributed by atoms with van der Waals surface area (Å²) in [6.45, 7) is 8.24. The molecule has 2 atom stereocenters. The molecule has 2 unspecified atom stereocenters. The fourth-order valence-corrected chi connectivity index (χ4v) is 5.72. The molecule has 4 rings (SSSR count). The van der Waals surface area contributed by atoms with E-state index in [1.165, 1.54) is 17.3 Å². The van der Waals surface area contributed by atoms with Crippen molar-refractivity contribution < 1.29 is 14.3 Å². The SMILES string of the molecule is CCOC(=O)C1=C(C)NC2S/C(=C\c3ccsc3)C(=O)N2C1c1ccc(C(C)C)cc1. The molecule has 0 saturated carbocycles. The van der Waals surface area contributed by atoms with E-state index in [4.69, 9.17) is 4.74 Å². The molecule has 31 heavy (non-hydrogen) atoms. The number of ether oxygens (including phenoxy) is 1. The molecular weight excluding hydrogens is 428 g/mol. The van der Waals surface area contributed by atoms with Gasteiger partial charge in [-0.05, 0) is 59.4 Å². The molecule has 0 spiro atoms. The number of benzene rings is 1. The molecule has 1 amide bonds. The number of allylic oxidation sites excluding steroid dienone is 1. The van der Waals surface area contributed by atoms with Crippen LogP contribution in [0.25, 0.3) is 6.08 Å². The summed E-state index contributed by atoms with van der Waals surface area (Å²) in [5.41, 5.74) is 4.09. The van der Waals surface area contributed by atoms with Gasteiger partial charge < -0.3 is 10.1 Å². The summed E-state index contributed by atoms with van der Waals surface area (Å²) in [5.74, 6) is -0.0707. The van der Waals surface area contributed by atoms with Crippen LogP contribution in [0.1, 0.15) is 56.3 Å². The summed E-state index contributed by atoms with van der Waals surface area (Å²) in [5, 5.41) is 7.35. The fourth-order valence-electron chi connectivity index (χ4n) is 3.89. The molecule has 2 aliphatic rings. The predicted octanol–water partition coefficient (Wildman–Crippen LogP) is 5.25. The number of carbonyl (C=O) groups excluding carboxylic acids is 2. The van der Waals surface area contributed by atoms with Gasteiger partial charge in [0.05, 0.1) is 23.1 Å². The van der Waals surface area contributed by atoms with E-state index in [9.17, 15) is 9.59 Å². The smallest absolute Gasteiger partial charge is 0.338 e. The number of hydrogen-bond donors (Lipinski definition) is 1. The minimum atomic E-state index is -0.500. The number of esters is 1. The van der Waals surface area contributed by atoms with Gasteiger partial charge in [-0.1, -0.05) is 49.9 Å². The van der Waals surface area contributed by atoms with Gasteiger partial charge in [-0.3, -0.25) is 9.69 Å². The number of thioether (sulfide) groups is 1. The van der Waals surface area contributed by atoms with E-state index in [-0.39, 0.29) is 18.0 Å². The Morgan fingerprint density at radius 1 is 1.26 bits per heavy atom. The van der Waals surface area contributed by atoms with Crippen molar-refractivity contribution >= 4 is 41.1 Å². The summed E-state index contributed by atoms with van der Waals surface area (Å²) >= 11 is 3.08. The quantitative estimate of drug-likeness (QED) is 0.494. The van der Waals surface area contributed by atoms with Crippen LogP contribution in [0.2, 0.25) is 0 Å². The minimum absolute atomic E-state index is 0.0825. The van der Waals surface area contributed by atoms with Crippen molar-refractivity contribution in [2.24, 2.45) is 0 Å². The fraction of sp³-hybridized carbons (Fsp3) is 0.333. The zero-order valence-electron chi connectivity index (χ0n) is 18.0. The van der Waals surface area contributed by atoms with Crippen molar-refractivity contribution in [1.29, 1.82) is 0 Å². The Morgan fingerprint density at radius 3 is 2.61 bits per heavy atom. The van der Waals surface area contributed by atoms with Gasteiger partial charge in [0.1, 0.15) is 0 Å². The van der Waals surface area contributed by atoms with Crippen LogP contribution >= 0.6 is 23.1 Å². The van der Waals surface area contributed by atoms with E-state index in [1.54, 1.807) is 23.2 Å². The van der Waals surface area contributed by atoms with Crippen LogP contribution in [-0.2, 0) is 14.3 Å². The summed E-state index contributed by atoms with van der Waals surface area (Å²) in [6.07, 6.45) is 1.92. The van der Waals surface area contributed by atoms with Gasteiger partial charge in [0.25, 0.3) is 5.91 Å². The third-order valence-electron chi connectivity index (χ3n) is 5.49. The van der Waals surface area contributed by atoms with E-state index >= 15 is 0 Å². The Morgan fingerprint density at radius 2 is 2.00 bits per heavy atom. The van der Waals surface area contributed by atoms with Crippen molar-refractivity contribution in [3.63, 3.8) is 0 Å². The second-order valence-corrected chi connectivity index (χ2v) is 9.78. The van der Waals surface area contributed by atoms with Crippen LogP contribution in [0.15, 0.2) is 57.3 Å². The standard InChI is InChI=1S/C24H26N2O3S2/c1-5-29-23(28)20-15(4)25-24-26(21(20)18-8-6-17(7-9-18)14(2)3)22(27)19(31-24)12-16-10-11-30-13-16/h6-14,21,24-25H,5H2,1-4H3/b19-12-. The predicted molar refractivity (Wildman–Crippen MR) is 126 cm³/mol. The van der Waals surface area contributed by atoms with Gasteiger partial charge >= 0.3 is 5.97 Å². The third kappa shape index (κ3) is 4.16. The summed E-state index contributed by atoms with van der Waals surface area (Å²) < 4.78 is 5.37. The highest BCUT2D eigenvalue weighted by molar-refractivity contribution is 8.05. The van der Waals surface area contributed by atoms with Crippen molar-refractivity contribution in [3.8, 4) is 0 Å². The van der Waals surface area contributed by atoms with Gasteiger partial charge in [0.2, 0.25) is 0 Å². The molecule has 1 N–H and O–H groups in total. The second kappa shape index (κ2) is 8.93. The van der Waals surface area contributed by atoms with Gasteiger partial charge in [-0.2, -0.15) is 11.3 Å². The largest absolute Gasteiger partial charge is 0.463 e. The van der Waals surface area contributed by atoms with Crippen LogP contribution in [0.3, 0.4) is 0 Å². The first kappa shape index (κ1) is 21.7. The van der Waals surface area contributed by atoms with Crippen LogP contribution in [0.4, 0.5) is 0 Å². The number of carbonyl (C=O) groups is 2. The van der Waals surface area contributed by atoms with E-state index in [2.05, 4.69) is 31.3 Å². The number of hydrogen-bond acceptors (Lipinski definition) is 6.